The van der Waals surface area contributed by atoms with Crippen LogP contribution in [-0.4, -0.2) is 17.8 Å². The van der Waals surface area contributed by atoms with Crippen LogP contribution >= 0.6 is 11.6 Å². The molecule has 0 atom stereocenters. The highest BCUT2D eigenvalue weighted by atomic mass is 35.5. The van der Waals surface area contributed by atoms with Crippen molar-refractivity contribution in [3.63, 3.8) is 0 Å². The Balaban J connectivity index is 0. The molecule has 0 aromatic rings. The van der Waals surface area contributed by atoms with Crippen LogP contribution in [0.5, 0.6) is 0 Å². The third-order valence-electron chi connectivity index (χ3n) is 1.87. The van der Waals surface area contributed by atoms with E-state index in [9.17, 15) is 9.59 Å². The molecule has 0 rings (SSSR count). The Morgan fingerprint density at radius 1 is 0.882 bits per heavy atom. The molecule has 0 saturated heterocycles. The largest absolute Gasteiger partial charge is 0.393 e. The number of unbranched alkanes of at least 4 members (excludes halogenated alkanes) is 2. The van der Waals surface area contributed by atoms with Gasteiger partial charge in [-0.1, -0.05) is 33.6 Å². The molecule has 0 unspecified atom stereocenters. The molecule has 0 bridgehead atoms. The van der Waals surface area contributed by atoms with Crippen LogP contribution < -0.4 is 0 Å². The number of ether oxygens (including phenoxy) is 1. The Bertz CT molecular complexity index is 173. The van der Waals surface area contributed by atoms with E-state index in [2.05, 4.69) is 11.7 Å². The van der Waals surface area contributed by atoms with Crippen LogP contribution in [0.3, 0.4) is 0 Å². The maximum absolute atomic E-state index is 10.7. The average Bonchev–Trinajstić information content (AvgIpc) is 2.27. The molecule has 0 fully saturated rings. The van der Waals surface area contributed by atoms with Gasteiger partial charge < -0.3 is 4.74 Å². The van der Waals surface area contributed by atoms with E-state index in [1.165, 1.54) is 19.3 Å². The van der Waals surface area contributed by atoms with Gasteiger partial charge in [-0.05, 0) is 19.3 Å². The second-order valence-electron chi connectivity index (χ2n) is 3.74. The van der Waals surface area contributed by atoms with Crippen LogP contribution in [-0.2, 0) is 14.3 Å². The first kappa shape index (κ1) is 18.8. The van der Waals surface area contributed by atoms with Crippen LogP contribution in [0.2, 0.25) is 0 Å². The molecule has 0 aromatic heterocycles. The fraction of sp³-hybridized carbons (Fsp3) is 0.846. The Morgan fingerprint density at radius 3 is 1.59 bits per heavy atom. The van der Waals surface area contributed by atoms with Crippen LogP contribution in [0.1, 0.15) is 65.7 Å². The second-order valence-corrected chi connectivity index (χ2v) is 4.12. The molecule has 0 radical (unpaired) electrons. The molecule has 0 saturated carbocycles. The van der Waals surface area contributed by atoms with Crippen LogP contribution in [0.25, 0.3) is 0 Å². The summed E-state index contributed by atoms with van der Waals surface area (Å²) in [5.41, 5.74) is 0. The Kier molecular flexibility index (Phi) is 17.1. The summed E-state index contributed by atoms with van der Waals surface area (Å²) in [7, 11) is 0. The average molecular weight is 265 g/mol. The Labute approximate surface area is 110 Å². The third kappa shape index (κ3) is 18.0. The number of carbonyl (C=O) groups excluding carboxylic acids is 2. The summed E-state index contributed by atoms with van der Waals surface area (Å²) in [6.07, 6.45) is 5.83. The van der Waals surface area contributed by atoms with E-state index in [-0.39, 0.29) is 0 Å². The number of rotatable bonds is 7. The maximum Gasteiger partial charge on any atom is 0.313 e. The fourth-order valence-electron chi connectivity index (χ4n) is 0.982. The van der Waals surface area contributed by atoms with Crippen LogP contribution in [0.4, 0.5) is 0 Å². The van der Waals surface area contributed by atoms with Crippen molar-refractivity contribution in [2.75, 3.05) is 5.88 Å². The van der Waals surface area contributed by atoms with Gasteiger partial charge in [0, 0.05) is 18.7 Å². The zero-order valence-electron chi connectivity index (χ0n) is 11.3. The first-order valence-corrected chi connectivity index (χ1v) is 6.95. The molecule has 0 aliphatic rings. The first-order valence-electron chi connectivity index (χ1n) is 6.41. The van der Waals surface area contributed by atoms with Crippen molar-refractivity contribution in [2.24, 2.45) is 0 Å². The van der Waals surface area contributed by atoms with E-state index in [4.69, 9.17) is 11.6 Å². The van der Waals surface area contributed by atoms with E-state index in [1.807, 2.05) is 13.8 Å². The highest BCUT2D eigenvalue weighted by molar-refractivity contribution is 6.17. The van der Waals surface area contributed by atoms with Gasteiger partial charge >= 0.3 is 11.9 Å². The molecule has 0 heterocycles. The monoisotopic (exact) mass is 264 g/mol. The van der Waals surface area contributed by atoms with Crippen molar-refractivity contribution in [1.82, 2.24) is 0 Å². The predicted molar refractivity (Wildman–Crippen MR) is 71.2 cm³/mol. The number of halogens is 1. The molecule has 102 valence electrons. The molecule has 0 aromatic carbocycles. The Morgan fingerprint density at radius 2 is 1.35 bits per heavy atom. The standard InChI is InChI=1S/C8H14O3.C5H11Cl/c1-3-5-7(9)11-8(10)6-4-2;1-2-3-4-5-6/h3-6H2,1-2H3;2-5H2,1H3. The molecule has 0 aliphatic carbocycles. The lowest BCUT2D eigenvalue weighted by Crippen LogP contribution is -2.10. The lowest BCUT2D eigenvalue weighted by atomic mass is 10.3. The fourth-order valence-corrected chi connectivity index (χ4v) is 1.17. The van der Waals surface area contributed by atoms with E-state index < -0.39 is 11.9 Å². The van der Waals surface area contributed by atoms with Gasteiger partial charge in [-0.2, -0.15) is 0 Å². The number of esters is 2. The summed E-state index contributed by atoms with van der Waals surface area (Å²) in [4.78, 5) is 21.4. The minimum atomic E-state index is -0.411. The molecule has 0 amide bonds. The highest BCUT2D eigenvalue weighted by Gasteiger charge is 2.06. The van der Waals surface area contributed by atoms with Crippen molar-refractivity contribution < 1.29 is 14.3 Å². The molecule has 0 aliphatic heterocycles. The van der Waals surface area contributed by atoms with Crippen molar-refractivity contribution >= 4 is 23.5 Å². The molecule has 17 heavy (non-hydrogen) atoms. The SMILES string of the molecule is CCCC(=O)OC(=O)CCC.CCCCCCl. The predicted octanol–water partition coefficient (Wildman–Crippen LogP) is 4.07. The van der Waals surface area contributed by atoms with Gasteiger partial charge in [0.25, 0.3) is 0 Å². The zero-order chi connectivity index (χ0) is 13.5. The lowest BCUT2D eigenvalue weighted by Gasteiger charge is -1.98. The van der Waals surface area contributed by atoms with Gasteiger partial charge in [-0.3, -0.25) is 9.59 Å². The highest BCUT2D eigenvalue weighted by Crippen LogP contribution is 1.96. The van der Waals surface area contributed by atoms with Crippen molar-refractivity contribution in [3.8, 4) is 0 Å². The summed E-state index contributed by atoms with van der Waals surface area (Å²) < 4.78 is 4.45. The van der Waals surface area contributed by atoms with E-state index in [0.717, 1.165) is 18.7 Å². The van der Waals surface area contributed by atoms with Gasteiger partial charge in [-0.15, -0.1) is 11.6 Å². The van der Waals surface area contributed by atoms with E-state index in [0.29, 0.717) is 12.8 Å². The van der Waals surface area contributed by atoms with Gasteiger partial charge in [-0.25, -0.2) is 0 Å². The number of alkyl halides is 1. The minimum absolute atomic E-state index is 0.329. The van der Waals surface area contributed by atoms with Gasteiger partial charge in [0.1, 0.15) is 0 Å². The second kappa shape index (κ2) is 15.4. The van der Waals surface area contributed by atoms with Gasteiger partial charge in [0.2, 0.25) is 0 Å². The quantitative estimate of drug-likeness (QED) is 0.301. The van der Waals surface area contributed by atoms with Crippen LogP contribution in [0.15, 0.2) is 0 Å². The van der Waals surface area contributed by atoms with E-state index in [1.54, 1.807) is 0 Å². The summed E-state index contributed by atoms with van der Waals surface area (Å²) in [6, 6.07) is 0. The van der Waals surface area contributed by atoms with Crippen molar-refractivity contribution in [3.05, 3.63) is 0 Å². The van der Waals surface area contributed by atoms with Crippen molar-refractivity contribution in [2.45, 2.75) is 65.7 Å². The molecule has 3 nitrogen and oxygen atoms in total. The summed E-state index contributed by atoms with van der Waals surface area (Å²) in [5.74, 6) is 0.00491. The molecular formula is C13H25ClO3. The number of hydrogen-bond donors (Lipinski definition) is 0. The molecule has 0 N–H and O–H groups in total. The smallest absolute Gasteiger partial charge is 0.313 e. The maximum atomic E-state index is 10.7. The van der Waals surface area contributed by atoms with Gasteiger partial charge in [0.05, 0.1) is 0 Å². The lowest BCUT2D eigenvalue weighted by molar-refractivity contribution is -0.159. The normalized spacial score (nSPS) is 9.18. The van der Waals surface area contributed by atoms with Crippen LogP contribution in [0, 0.1) is 0 Å². The van der Waals surface area contributed by atoms with Gasteiger partial charge in [0.15, 0.2) is 0 Å². The minimum Gasteiger partial charge on any atom is -0.393 e. The summed E-state index contributed by atoms with van der Waals surface area (Å²) in [6.45, 7) is 5.91. The Hall–Kier alpha value is -0.570. The summed E-state index contributed by atoms with van der Waals surface area (Å²) in [5, 5.41) is 0. The van der Waals surface area contributed by atoms with E-state index >= 15 is 0 Å². The number of hydrogen-bond acceptors (Lipinski definition) is 3. The molecular weight excluding hydrogens is 240 g/mol. The number of carbonyl (C=O) groups is 2. The summed E-state index contributed by atoms with van der Waals surface area (Å²) >= 11 is 5.38. The first-order chi connectivity index (χ1) is 8.12. The topological polar surface area (TPSA) is 43.4 Å². The molecule has 0 spiro atoms. The van der Waals surface area contributed by atoms with Crippen molar-refractivity contribution in [1.29, 1.82) is 0 Å². The zero-order valence-corrected chi connectivity index (χ0v) is 12.0. The third-order valence-corrected chi connectivity index (χ3v) is 2.14. The molecule has 4 heteroatoms.